The lowest BCUT2D eigenvalue weighted by Crippen LogP contribution is -2.21. The molecule has 0 saturated heterocycles. The Hall–Kier alpha value is -4.12. The van der Waals surface area contributed by atoms with Crippen molar-refractivity contribution in [2.75, 3.05) is 0 Å². The molecule has 0 unspecified atom stereocenters. The summed E-state index contributed by atoms with van der Waals surface area (Å²) in [5.41, 5.74) is 4.61. The number of hydrogen-bond acceptors (Lipinski definition) is 4. The van der Waals surface area contributed by atoms with Gasteiger partial charge in [0.1, 0.15) is 17.2 Å². The number of carbonyl (C=O) groups excluding carboxylic acids is 1. The van der Waals surface area contributed by atoms with Crippen LogP contribution in [0.15, 0.2) is 96.1 Å². The number of aromatic hydroxyl groups is 2. The van der Waals surface area contributed by atoms with Gasteiger partial charge in [0.25, 0.3) is 5.91 Å². The topological polar surface area (TPSA) is 81.9 Å². The van der Waals surface area contributed by atoms with Crippen molar-refractivity contribution in [2.45, 2.75) is 0 Å². The van der Waals surface area contributed by atoms with Crippen LogP contribution in [0.2, 0.25) is 0 Å². The van der Waals surface area contributed by atoms with E-state index in [1.54, 1.807) is 12.1 Å². The first-order valence-electron chi connectivity index (χ1n) is 9.07. The number of hydrazone groups is 1. The standard InChI is InChI=1S/C24H18N2O3/c27-18-13-14-21(22(28)15-18)23(17-8-2-1-3-9-17)25-26-24(29)20-12-6-10-16-7-4-5-11-19(16)20/h1-15,27-28H,(H,26,29)/b25-23-. The molecule has 0 radical (unpaired) electrons. The molecule has 0 aliphatic carbocycles. The lowest BCUT2D eigenvalue weighted by atomic mass is 10.0. The van der Waals surface area contributed by atoms with Gasteiger partial charge in [-0.3, -0.25) is 4.79 Å². The number of fused-ring (bicyclic) bond motifs is 1. The van der Waals surface area contributed by atoms with Gasteiger partial charge in [0.05, 0.1) is 0 Å². The number of nitrogens with zero attached hydrogens (tertiary/aromatic N) is 1. The van der Waals surface area contributed by atoms with Gasteiger partial charge in [-0.15, -0.1) is 0 Å². The second-order valence-electron chi connectivity index (χ2n) is 6.50. The van der Waals surface area contributed by atoms with Crippen LogP contribution in [0.25, 0.3) is 10.8 Å². The molecule has 5 nitrogen and oxygen atoms in total. The van der Waals surface area contributed by atoms with E-state index in [9.17, 15) is 15.0 Å². The van der Waals surface area contributed by atoms with Gasteiger partial charge in [-0.2, -0.15) is 5.10 Å². The number of phenolic OH excluding ortho intramolecular Hbond substituents is 2. The van der Waals surface area contributed by atoms with Crippen molar-refractivity contribution >= 4 is 22.4 Å². The van der Waals surface area contributed by atoms with E-state index < -0.39 is 0 Å². The van der Waals surface area contributed by atoms with E-state index in [1.807, 2.05) is 66.7 Å². The van der Waals surface area contributed by atoms with Gasteiger partial charge < -0.3 is 10.2 Å². The van der Waals surface area contributed by atoms with Gasteiger partial charge in [-0.1, -0.05) is 66.7 Å². The summed E-state index contributed by atoms with van der Waals surface area (Å²) in [6, 6.07) is 26.6. The van der Waals surface area contributed by atoms with E-state index in [4.69, 9.17) is 0 Å². The zero-order valence-electron chi connectivity index (χ0n) is 15.4. The van der Waals surface area contributed by atoms with Crippen LogP contribution in [0.3, 0.4) is 0 Å². The molecule has 0 atom stereocenters. The van der Waals surface area contributed by atoms with E-state index in [-0.39, 0.29) is 17.4 Å². The normalized spacial score (nSPS) is 11.4. The van der Waals surface area contributed by atoms with Crippen LogP contribution >= 0.6 is 0 Å². The van der Waals surface area contributed by atoms with Crippen molar-refractivity contribution in [3.8, 4) is 11.5 Å². The third-order valence-electron chi connectivity index (χ3n) is 4.59. The quantitative estimate of drug-likeness (QED) is 0.361. The van der Waals surface area contributed by atoms with Gasteiger partial charge in [0.2, 0.25) is 0 Å². The Morgan fingerprint density at radius 1 is 0.759 bits per heavy atom. The minimum Gasteiger partial charge on any atom is -0.508 e. The highest BCUT2D eigenvalue weighted by Crippen LogP contribution is 2.25. The highest BCUT2D eigenvalue weighted by Gasteiger charge is 2.14. The molecule has 1 amide bonds. The van der Waals surface area contributed by atoms with Gasteiger partial charge in [-0.25, -0.2) is 5.43 Å². The van der Waals surface area contributed by atoms with Crippen LogP contribution < -0.4 is 5.43 Å². The van der Waals surface area contributed by atoms with Crippen molar-refractivity contribution in [1.82, 2.24) is 5.43 Å². The van der Waals surface area contributed by atoms with Crippen LogP contribution in [0.5, 0.6) is 11.5 Å². The fourth-order valence-electron chi connectivity index (χ4n) is 3.19. The Bertz CT molecular complexity index is 1210. The molecule has 0 heterocycles. The molecule has 0 spiro atoms. The van der Waals surface area contributed by atoms with Gasteiger partial charge in [0, 0.05) is 22.8 Å². The number of amides is 1. The number of rotatable bonds is 4. The first-order valence-corrected chi connectivity index (χ1v) is 9.07. The second-order valence-corrected chi connectivity index (χ2v) is 6.50. The molecule has 0 aromatic heterocycles. The minimum absolute atomic E-state index is 0.0570. The van der Waals surface area contributed by atoms with E-state index in [2.05, 4.69) is 10.5 Å². The van der Waals surface area contributed by atoms with Crippen LogP contribution in [0.1, 0.15) is 21.5 Å². The maximum absolute atomic E-state index is 12.8. The van der Waals surface area contributed by atoms with Crippen LogP contribution in [-0.2, 0) is 0 Å². The Kier molecular flexibility index (Phi) is 4.95. The summed E-state index contributed by atoms with van der Waals surface area (Å²) in [5, 5.41) is 26.0. The van der Waals surface area contributed by atoms with Gasteiger partial charge in [0.15, 0.2) is 0 Å². The van der Waals surface area contributed by atoms with Crippen LogP contribution in [0, 0.1) is 0 Å². The molecule has 0 bridgehead atoms. The molecule has 4 aromatic carbocycles. The van der Waals surface area contributed by atoms with Crippen LogP contribution in [0.4, 0.5) is 0 Å². The predicted octanol–water partition coefficient (Wildman–Crippen LogP) is 4.43. The maximum Gasteiger partial charge on any atom is 0.272 e. The first kappa shape index (κ1) is 18.3. The lowest BCUT2D eigenvalue weighted by molar-refractivity contribution is 0.0956. The summed E-state index contributed by atoms with van der Waals surface area (Å²) in [4.78, 5) is 12.8. The molecule has 0 aliphatic rings. The minimum atomic E-state index is -0.353. The Morgan fingerprint density at radius 3 is 2.28 bits per heavy atom. The second kappa shape index (κ2) is 7.86. The summed E-state index contributed by atoms with van der Waals surface area (Å²) in [7, 11) is 0. The number of benzene rings is 4. The maximum atomic E-state index is 12.8. The molecule has 3 N–H and O–H groups in total. The summed E-state index contributed by atoms with van der Waals surface area (Å²) in [5.74, 6) is -0.543. The Balaban J connectivity index is 1.74. The highest BCUT2D eigenvalue weighted by atomic mass is 16.3. The molecule has 4 aromatic rings. The molecule has 0 fully saturated rings. The Labute approximate surface area is 167 Å². The average molecular weight is 382 g/mol. The summed E-state index contributed by atoms with van der Waals surface area (Å²) in [6.45, 7) is 0. The molecule has 29 heavy (non-hydrogen) atoms. The summed E-state index contributed by atoms with van der Waals surface area (Å²) >= 11 is 0. The number of hydrogen-bond donors (Lipinski definition) is 3. The zero-order valence-corrected chi connectivity index (χ0v) is 15.4. The highest BCUT2D eigenvalue weighted by molar-refractivity contribution is 6.15. The van der Waals surface area contributed by atoms with Crippen molar-refractivity contribution in [3.63, 3.8) is 0 Å². The SMILES string of the molecule is O=C(N/N=C(/c1ccccc1)c1ccc(O)cc1O)c1cccc2ccccc12. The molecule has 0 saturated carbocycles. The zero-order chi connectivity index (χ0) is 20.2. The number of carbonyl (C=O) groups is 1. The van der Waals surface area contributed by atoms with Crippen molar-refractivity contribution in [2.24, 2.45) is 5.10 Å². The molecule has 142 valence electrons. The largest absolute Gasteiger partial charge is 0.508 e. The van der Waals surface area contributed by atoms with Crippen LogP contribution in [-0.4, -0.2) is 21.8 Å². The van der Waals surface area contributed by atoms with E-state index >= 15 is 0 Å². The third-order valence-corrected chi connectivity index (χ3v) is 4.59. The predicted molar refractivity (Wildman–Crippen MR) is 113 cm³/mol. The molecule has 0 aliphatic heterocycles. The molecule has 5 heteroatoms. The smallest absolute Gasteiger partial charge is 0.272 e. The molecular formula is C24H18N2O3. The van der Waals surface area contributed by atoms with Crippen molar-refractivity contribution in [1.29, 1.82) is 0 Å². The molecular weight excluding hydrogens is 364 g/mol. The van der Waals surface area contributed by atoms with Crippen molar-refractivity contribution < 1.29 is 15.0 Å². The monoisotopic (exact) mass is 382 g/mol. The lowest BCUT2D eigenvalue weighted by Gasteiger charge is -2.11. The van der Waals surface area contributed by atoms with E-state index in [0.29, 0.717) is 22.4 Å². The first-order chi connectivity index (χ1) is 14.1. The fraction of sp³-hybridized carbons (Fsp3) is 0. The summed E-state index contributed by atoms with van der Waals surface area (Å²) in [6.07, 6.45) is 0. The van der Waals surface area contributed by atoms with Crippen molar-refractivity contribution in [3.05, 3.63) is 108 Å². The summed E-state index contributed by atoms with van der Waals surface area (Å²) < 4.78 is 0. The Morgan fingerprint density at radius 2 is 1.48 bits per heavy atom. The fourth-order valence-corrected chi connectivity index (χ4v) is 3.19. The number of nitrogens with one attached hydrogen (secondary N) is 1. The molecule has 4 rings (SSSR count). The van der Waals surface area contributed by atoms with Gasteiger partial charge in [-0.05, 0) is 29.0 Å². The third kappa shape index (κ3) is 3.80. The van der Waals surface area contributed by atoms with Gasteiger partial charge >= 0.3 is 0 Å². The number of phenols is 2. The van der Waals surface area contributed by atoms with E-state index in [1.165, 1.54) is 12.1 Å². The van der Waals surface area contributed by atoms with E-state index in [0.717, 1.165) is 10.8 Å². The average Bonchev–Trinajstić information content (AvgIpc) is 2.75.